The monoisotopic (exact) mass is 185 g/mol. The first-order valence-electron chi connectivity index (χ1n) is 3.56. The molecule has 0 aliphatic carbocycles. The van der Waals surface area contributed by atoms with Crippen molar-refractivity contribution in [2.75, 3.05) is 7.05 Å². The molecule has 0 fully saturated rings. The summed E-state index contributed by atoms with van der Waals surface area (Å²) in [6.45, 7) is 0. The second kappa shape index (κ2) is 5.75. The third-order valence-electron chi connectivity index (χ3n) is 1.61. The van der Waals surface area contributed by atoms with E-state index in [1.165, 1.54) is 0 Å². The summed E-state index contributed by atoms with van der Waals surface area (Å²) < 4.78 is 0. The highest BCUT2D eigenvalue weighted by Crippen LogP contribution is 2.07. The third-order valence-corrected chi connectivity index (χ3v) is 1.61. The van der Waals surface area contributed by atoms with Crippen LogP contribution in [0.1, 0.15) is 11.6 Å². The lowest BCUT2D eigenvalue weighted by atomic mass is 10.1. The minimum Gasteiger partial charge on any atom is -0.307 e. The van der Waals surface area contributed by atoms with E-state index in [1.807, 2.05) is 30.3 Å². The Morgan fingerprint density at radius 3 is 2.33 bits per heavy atom. The smallest absolute Gasteiger partial charge is 0.141 e. The molecule has 1 aromatic rings. The van der Waals surface area contributed by atoms with Crippen molar-refractivity contribution >= 4 is 18.7 Å². The van der Waals surface area contributed by atoms with Crippen LogP contribution < -0.4 is 5.32 Å². The summed E-state index contributed by atoms with van der Waals surface area (Å²) in [6, 6.07) is 9.45. The first-order chi connectivity index (χ1) is 5.38. The molecular formula is C9H12ClNO. The number of nitrogens with one attached hydrogen (secondary N) is 1. The molecule has 1 atom stereocenters. The molecule has 0 bridgehead atoms. The van der Waals surface area contributed by atoms with E-state index in [1.54, 1.807) is 7.05 Å². The fourth-order valence-corrected chi connectivity index (χ4v) is 0.974. The van der Waals surface area contributed by atoms with Gasteiger partial charge in [0.05, 0.1) is 6.04 Å². The van der Waals surface area contributed by atoms with Gasteiger partial charge in [0, 0.05) is 0 Å². The average Bonchev–Trinajstić information content (AvgIpc) is 2.09. The van der Waals surface area contributed by atoms with Gasteiger partial charge in [0.1, 0.15) is 6.29 Å². The molecule has 1 N–H and O–H groups in total. The molecule has 0 saturated carbocycles. The summed E-state index contributed by atoms with van der Waals surface area (Å²) in [6.07, 6.45) is 0.898. The van der Waals surface area contributed by atoms with E-state index in [4.69, 9.17) is 0 Å². The first-order valence-corrected chi connectivity index (χ1v) is 3.56. The molecule has 0 aliphatic rings. The van der Waals surface area contributed by atoms with Gasteiger partial charge in [-0.25, -0.2) is 0 Å². The lowest BCUT2D eigenvalue weighted by Gasteiger charge is -2.07. The Balaban J connectivity index is 0.00000121. The molecule has 3 heteroatoms. The normalized spacial score (nSPS) is 11.4. The maximum absolute atomic E-state index is 10.5. The topological polar surface area (TPSA) is 29.1 Å². The number of halogens is 1. The maximum atomic E-state index is 10.5. The molecule has 0 aliphatic heterocycles. The molecule has 0 saturated heterocycles. The minimum atomic E-state index is -0.170. The van der Waals surface area contributed by atoms with Crippen LogP contribution in [0.5, 0.6) is 0 Å². The Bertz CT molecular complexity index is 225. The molecule has 0 aromatic heterocycles. The summed E-state index contributed by atoms with van der Waals surface area (Å²) in [7, 11) is 1.77. The standard InChI is InChI=1S/C9H11NO.ClH/c1-10-9(7-11)8-5-3-2-4-6-8;/h2-7,9-10H,1H3;1H/t9-;/m1./s1. The molecular weight excluding hydrogens is 174 g/mol. The number of carbonyl (C=O) groups is 1. The summed E-state index contributed by atoms with van der Waals surface area (Å²) in [5.41, 5.74) is 1.00. The van der Waals surface area contributed by atoms with Crippen LogP contribution in [0.2, 0.25) is 0 Å². The van der Waals surface area contributed by atoms with E-state index >= 15 is 0 Å². The zero-order valence-electron chi connectivity index (χ0n) is 6.86. The zero-order chi connectivity index (χ0) is 8.10. The van der Waals surface area contributed by atoms with Crippen LogP contribution in [0.3, 0.4) is 0 Å². The molecule has 0 radical (unpaired) electrons. The quantitative estimate of drug-likeness (QED) is 0.725. The highest BCUT2D eigenvalue weighted by molar-refractivity contribution is 5.85. The zero-order valence-corrected chi connectivity index (χ0v) is 7.67. The Morgan fingerprint density at radius 1 is 1.33 bits per heavy atom. The second-order valence-electron chi connectivity index (χ2n) is 2.31. The van der Waals surface area contributed by atoms with Gasteiger partial charge in [0.2, 0.25) is 0 Å². The largest absolute Gasteiger partial charge is 0.307 e. The number of hydrogen-bond donors (Lipinski definition) is 1. The summed E-state index contributed by atoms with van der Waals surface area (Å²) in [5.74, 6) is 0. The van der Waals surface area contributed by atoms with E-state index in [-0.39, 0.29) is 18.4 Å². The molecule has 1 aromatic carbocycles. The molecule has 12 heavy (non-hydrogen) atoms. The van der Waals surface area contributed by atoms with Gasteiger partial charge >= 0.3 is 0 Å². The molecule has 66 valence electrons. The second-order valence-corrected chi connectivity index (χ2v) is 2.31. The van der Waals surface area contributed by atoms with Crippen molar-refractivity contribution < 1.29 is 4.79 Å². The SMILES string of the molecule is CN[C@H](C=O)c1ccccc1.Cl. The molecule has 0 heterocycles. The van der Waals surface area contributed by atoms with E-state index in [0.29, 0.717) is 0 Å². The van der Waals surface area contributed by atoms with Crippen molar-refractivity contribution in [3.63, 3.8) is 0 Å². The van der Waals surface area contributed by atoms with Gasteiger partial charge in [0.15, 0.2) is 0 Å². The van der Waals surface area contributed by atoms with Crippen molar-refractivity contribution in [3.8, 4) is 0 Å². The van der Waals surface area contributed by atoms with E-state index in [9.17, 15) is 4.79 Å². The third kappa shape index (κ3) is 2.64. The van der Waals surface area contributed by atoms with Gasteiger partial charge in [-0.15, -0.1) is 12.4 Å². The summed E-state index contributed by atoms with van der Waals surface area (Å²) in [4.78, 5) is 10.5. The van der Waals surface area contributed by atoms with Crippen molar-refractivity contribution in [1.29, 1.82) is 0 Å². The predicted molar refractivity (Wildman–Crippen MR) is 51.6 cm³/mol. The first kappa shape index (κ1) is 11.1. The Labute approximate surface area is 78.4 Å². The Hall–Kier alpha value is -0.860. The van der Waals surface area contributed by atoms with Gasteiger partial charge in [0.25, 0.3) is 0 Å². The number of rotatable bonds is 3. The molecule has 0 spiro atoms. The fraction of sp³-hybridized carbons (Fsp3) is 0.222. The Kier molecular flexibility index (Phi) is 5.34. The van der Waals surface area contributed by atoms with Gasteiger partial charge < -0.3 is 10.1 Å². The van der Waals surface area contributed by atoms with Crippen LogP contribution >= 0.6 is 12.4 Å². The van der Waals surface area contributed by atoms with E-state index in [0.717, 1.165) is 11.8 Å². The number of carbonyl (C=O) groups excluding carboxylic acids is 1. The highest BCUT2D eigenvalue weighted by atomic mass is 35.5. The van der Waals surface area contributed by atoms with E-state index < -0.39 is 0 Å². The average molecular weight is 186 g/mol. The van der Waals surface area contributed by atoms with Crippen LogP contribution in [0, 0.1) is 0 Å². The molecule has 1 rings (SSSR count). The molecule has 0 unspecified atom stereocenters. The van der Waals surface area contributed by atoms with E-state index in [2.05, 4.69) is 5.32 Å². The lowest BCUT2D eigenvalue weighted by molar-refractivity contribution is -0.109. The van der Waals surface area contributed by atoms with Gasteiger partial charge in [-0.2, -0.15) is 0 Å². The number of hydrogen-bond acceptors (Lipinski definition) is 2. The van der Waals surface area contributed by atoms with Gasteiger partial charge in [-0.05, 0) is 12.6 Å². The van der Waals surface area contributed by atoms with Gasteiger partial charge in [-0.1, -0.05) is 30.3 Å². The Morgan fingerprint density at radius 2 is 1.92 bits per heavy atom. The van der Waals surface area contributed by atoms with Crippen LogP contribution in [-0.4, -0.2) is 13.3 Å². The summed E-state index contributed by atoms with van der Waals surface area (Å²) in [5, 5.41) is 2.90. The van der Waals surface area contributed by atoms with Crippen LogP contribution in [-0.2, 0) is 4.79 Å². The lowest BCUT2D eigenvalue weighted by Crippen LogP contribution is -2.16. The van der Waals surface area contributed by atoms with Crippen LogP contribution in [0.25, 0.3) is 0 Å². The molecule has 0 amide bonds. The van der Waals surface area contributed by atoms with Crippen molar-refractivity contribution in [3.05, 3.63) is 35.9 Å². The minimum absolute atomic E-state index is 0. The van der Waals surface area contributed by atoms with Crippen LogP contribution in [0.15, 0.2) is 30.3 Å². The molecule has 2 nitrogen and oxygen atoms in total. The number of likely N-dealkylation sites (N-methyl/N-ethyl adjacent to an activating group) is 1. The fourth-order valence-electron chi connectivity index (χ4n) is 0.974. The highest BCUT2D eigenvalue weighted by Gasteiger charge is 2.04. The van der Waals surface area contributed by atoms with Crippen molar-refractivity contribution in [2.45, 2.75) is 6.04 Å². The van der Waals surface area contributed by atoms with Crippen molar-refractivity contribution in [2.24, 2.45) is 0 Å². The predicted octanol–water partition coefficient (Wildman–Crippen LogP) is 1.57. The van der Waals surface area contributed by atoms with Crippen LogP contribution in [0.4, 0.5) is 0 Å². The summed E-state index contributed by atoms with van der Waals surface area (Å²) >= 11 is 0. The maximum Gasteiger partial charge on any atom is 0.141 e. The number of aldehydes is 1. The number of benzene rings is 1. The van der Waals surface area contributed by atoms with Gasteiger partial charge in [-0.3, -0.25) is 0 Å². The van der Waals surface area contributed by atoms with Crippen molar-refractivity contribution in [1.82, 2.24) is 5.32 Å².